The van der Waals surface area contributed by atoms with Gasteiger partial charge in [-0.25, -0.2) is 9.48 Å². The predicted octanol–water partition coefficient (Wildman–Crippen LogP) is 4.21. The van der Waals surface area contributed by atoms with Crippen LogP contribution in [0.5, 0.6) is 0 Å². The summed E-state index contributed by atoms with van der Waals surface area (Å²) in [6.45, 7) is -1.59. The lowest BCUT2D eigenvalue weighted by molar-refractivity contribution is -0.138. The van der Waals surface area contributed by atoms with E-state index < -0.39 is 61.1 Å². The van der Waals surface area contributed by atoms with E-state index in [2.05, 4.69) is 20.6 Å². The first-order valence-corrected chi connectivity index (χ1v) is 11.6. The molecule has 0 radical (unpaired) electrons. The Kier molecular flexibility index (Phi) is 7.91. The number of anilines is 1. The number of carbonyl (C=O) groups is 1. The summed E-state index contributed by atoms with van der Waals surface area (Å²) in [5.41, 5.74) is 3.54. The number of alkyl halides is 6. The molecular formula is C23H18ClF6N7O3. The van der Waals surface area contributed by atoms with Gasteiger partial charge in [-0.15, -0.1) is 10.2 Å². The number of nitrogen functional groups attached to an aromatic ring is 1. The molecule has 1 unspecified atom stereocenters. The predicted molar refractivity (Wildman–Crippen MR) is 128 cm³/mol. The van der Waals surface area contributed by atoms with Crippen molar-refractivity contribution < 1.29 is 35.6 Å². The van der Waals surface area contributed by atoms with Crippen LogP contribution < -0.4 is 16.7 Å². The SMILES string of the molecule is Nc1nnc(C(NC(=O)Cn2nc(-c3ccc(Cl)cc3)n(CCC(F)(F)F)c2=O)c2cccc(C(F)(F)F)c2)o1. The van der Waals surface area contributed by atoms with Gasteiger partial charge in [0.15, 0.2) is 5.82 Å². The highest BCUT2D eigenvalue weighted by molar-refractivity contribution is 6.30. The Morgan fingerprint density at radius 2 is 1.77 bits per heavy atom. The topological polar surface area (TPSA) is 134 Å². The Labute approximate surface area is 225 Å². The van der Waals surface area contributed by atoms with Crippen LogP contribution in [-0.2, 0) is 24.1 Å². The minimum Gasteiger partial charge on any atom is -0.406 e. The monoisotopic (exact) mass is 589 g/mol. The van der Waals surface area contributed by atoms with Crippen molar-refractivity contribution in [2.45, 2.75) is 37.9 Å². The third kappa shape index (κ3) is 6.80. The summed E-state index contributed by atoms with van der Waals surface area (Å²) in [6, 6.07) is 7.84. The van der Waals surface area contributed by atoms with Crippen LogP contribution >= 0.6 is 11.6 Å². The number of benzene rings is 2. The number of halogens is 7. The molecule has 2 aromatic carbocycles. The maximum atomic E-state index is 13.3. The summed E-state index contributed by atoms with van der Waals surface area (Å²) in [6.07, 6.45) is -10.6. The van der Waals surface area contributed by atoms with Gasteiger partial charge in [-0.1, -0.05) is 28.8 Å². The number of hydrogen-bond donors (Lipinski definition) is 2. The molecule has 2 aromatic heterocycles. The maximum Gasteiger partial charge on any atom is 0.416 e. The van der Waals surface area contributed by atoms with E-state index in [1.165, 1.54) is 30.3 Å². The molecule has 0 bridgehead atoms. The first-order valence-electron chi connectivity index (χ1n) is 11.3. The molecule has 1 amide bonds. The minimum absolute atomic E-state index is 0.100. The summed E-state index contributed by atoms with van der Waals surface area (Å²) in [7, 11) is 0. The average molecular weight is 590 g/mol. The summed E-state index contributed by atoms with van der Waals surface area (Å²) in [5, 5.41) is 13.8. The lowest BCUT2D eigenvalue weighted by Gasteiger charge is -2.17. The van der Waals surface area contributed by atoms with Gasteiger partial charge >= 0.3 is 24.1 Å². The van der Waals surface area contributed by atoms with E-state index in [1.807, 2.05) is 0 Å². The van der Waals surface area contributed by atoms with E-state index in [1.54, 1.807) is 0 Å². The Balaban J connectivity index is 1.66. The Hall–Kier alpha value is -4.34. The zero-order valence-corrected chi connectivity index (χ0v) is 20.8. The highest BCUT2D eigenvalue weighted by Gasteiger charge is 2.33. The molecule has 0 fully saturated rings. The number of carbonyl (C=O) groups excluding carboxylic acids is 1. The lowest BCUT2D eigenvalue weighted by atomic mass is 10.0. The molecule has 4 aromatic rings. The fourth-order valence-electron chi connectivity index (χ4n) is 3.68. The van der Waals surface area contributed by atoms with Crippen LogP contribution in [0.25, 0.3) is 11.4 Å². The smallest absolute Gasteiger partial charge is 0.406 e. The number of hydrogen-bond acceptors (Lipinski definition) is 7. The van der Waals surface area contributed by atoms with Crippen LogP contribution in [0.3, 0.4) is 0 Å². The standard InChI is InChI=1S/C23H18ClF6N7O3/c24-15-6-4-12(5-7-15)18-35-37(21(39)36(18)9-8-22(25,26)27)11-16(38)32-17(19-33-34-20(31)40-19)13-2-1-3-14(10-13)23(28,29)30/h1-7,10,17H,8-9,11H2,(H2,31,34)(H,32,38). The largest absolute Gasteiger partial charge is 0.416 e. The fourth-order valence-corrected chi connectivity index (χ4v) is 3.81. The Bertz CT molecular complexity index is 1560. The third-order valence-corrected chi connectivity index (χ3v) is 5.75. The number of aromatic nitrogens is 5. The van der Waals surface area contributed by atoms with Crippen LogP contribution in [-0.4, -0.2) is 36.6 Å². The van der Waals surface area contributed by atoms with Gasteiger partial charge in [-0.05, 0) is 42.0 Å². The van der Waals surface area contributed by atoms with E-state index in [4.69, 9.17) is 21.8 Å². The van der Waals surface area contributed by atoms with Crippen molar-refractivity contribution in [1.29, 1.82) is 0 Å². The zero-order chi connectivity index (χ0) is 29.2. The summed E-state index contributed by atoms with van der Waals surface area (Å²) in [5.74, 6) is -1.46. The molecule has 1 atom stereocenters. The highest BCUT2D eigenvalue weighted by atomic mass is 35.5. The Morgan fingerprint density at radius 3 is 2.38 bits per heavy atom. The normalized spacial score (nSPS) is 12.9. The lowest BCUT2D eigenvalue weighted by Crippen LogP contribution is -2.36. The third-order valence-electron chi connectivity index (χ3n) is 5.49. The van der Waals surface area contributed by atoms with Crippen LogP contribution in [0, 0.1) is 0 Å². The minimum atomic E-state index is -4.70. The molecule has 3 N–H and O–H groups in total. The van der Waals surface area contributed by atoms with Gasteiger partial charge in [0, 0.05) is 17.1 Å². The summed E-state index contributed by atoms with van der Waals surface area (Å²) in [4.78, 5) is 25.9. The van der Waals surface area contributed by atoms with Crippen molar-refractivity contribution in [2.75, 3.05) is 5.73 Å². The van der Waals surface area contributed by atoms with Crippen LogP contribution in [0.1, 0.15) is 29.5 Å². The van der Waals surface area contributed by atoms with Gasteiger partial charge < -0.3 is 15.5 Å². The van der Waals surface area contributed by atoms with Crippen LogP contribution in [0.15, 0.2) is 57.7 Å². The molecule has 17 heteroatoms. The molecule has 0 aliphatic carbocycles. The fraction of sp³-hybridized carbons (Fsp3) is 0.261. The highest BCUT2D eigenvalue weighted by Crippen LogP contribution is 2.32. The maximum absolute atomic E-state index is 13.3. The molecule has 4 rings (SSSR count). The molecule has 2 heterocycles. The zero-order valence-electron chi connectivity index (χ0n) is 20.0. The molecule has 0 saturated carbocycles. The molecule has 212 valence electrons. The number of nitrogens with one attached hydrogen (secondary N) is 1. The van der Waals surface area contributed by atoms with Crippen molar-refractivity contribution in [3.05, 3.63) is 81.1 Å². The van der Waals surface area contributed by atoms with Crippen molar-refractivity contribution in [3.63, 3.8) is 0 Å². The van der Waals surface area contributed by atoms with E-state index in [0.29, 0.717) is 9.70 Å². The first-order chi connectivity index (χ1) is 18.7. The van der Waals surface area contributed by atoms with Gasteiger partial charge in [-0.2, -0.15) is 26.3 Å². The summed E-state index contributed by atoms with van der Waals surface area (Å²) < 4.78 is 85.1. The second-order valence-electron chi connectivity index (χ2n) is 8.39. The van der Waals surface area contributed by atoms with E-state index in [9.17, 15) is 35.9 Å². The average Bonchev–Trinajstić information content (AvgIpc) is 3.43. The van der Waals surface area contributed by atoms with Gasteiger partial charge in [0.25, 0.3) is 0 Å². The van der Waals surface area contributed by atoms with E-state index >= 15 is 0 Å². The van der Waals surface area contributed by atoms with Gasteiger partial charge in [-0.3, -0.25) is 9.36 Å². The second-order valence-corrected chi connectivity index (χ2v) is 8.83. The molecule has 0 saturated heterocycles. The van der Waals surface area contributed by atoms with Crippen LogP contribution in [0.4, 0.5) is 32.4 Å². The van der Waals surface area contributed by atoms with Crippen LogP contribution in [0.2, 0.25) is 5.02 Å². The molecule has 0 aliphatic rings. The van der Waals surface area contributed by atoms with Crippen molar-refractivity contribution in [3.8, 4) is 11.4 Å². The Morgan fingerprint density at radius 1 is 1.07 bits per heavy atom. The van der Waals surface area contributed by atoms with Crippen molar-refractivity contribution >= 4 is 23.5 Å². The number of nitrogens with zero attached hydrogens (tertiary/aromatic N) is 5. The van der Waals surface area contributed by atoms with Crippen molar-refractivity contribution in [1.82, 2.24) is 29.9 Å². The number of amides is 1. The van der Waals surface area contributed by atoms with Gasteiger partial charge in [0.05, 0.1) is 12.0 Å². The van der Waals surface area contributed by atoms with E-state index in [-0.39, 0.29) is 22.8 Å². The quantitative estimate of drug-likeness (QED) is 0.294. The molecule has 40 heavy (non-hydrogen) atoms. The molecule has 0 aliphatic heterocycles. The van der Waals surface area contributed by atoms with Crippen molar-refractivity contribution in [2.24, 2.45) is 0 Å². The molecule has 10 nitrogen and oxygen atoms in total. The summed E-state index contributed by atoms with van der Waals surface area (Å²) >= 11 is 5.87. The van der Waals surface area contributed by atoms with Gasteiger partial charge in [0.2, 0.25) is 11.8 Å². The van der Waals surface area contributed by atoms with Gasteiger partial charge in [0.1, 0.15) is 12.6 Å². The number of rotatable bonds is 8. The second kappa shape index (κ2) is 11.0. The number of nitrogens with two attached hydrogens (primary N) is 1. The first kappa shape index (κ1) is 28.7. The van der Waals surface area contributed by atoms with E-state index in [0.717, 1.165) is 22.8 Å². The molecular weight excluding hydrogens is 572 g/mol. The molecule has 0 spiro atoms.